The van der Waals surface area contributed by atoms with Crippen LogP contribution >= 0.6 is 11.6 Å². The maximum atomic E-state index is 12.8. The van der Waals surface area contributed by atoms with Crippen LogP contribution in [0.2, 0.25) is 5.02 Å². The maximum Gasteiger partial charge on any atom is 0.252 e. The molecule has 110 valence electrons. The Bertz CT molecular complexity index is 633. The lowest BCUT2D eigenvalue weighted by molar-refractivity contribution is -0.119. The normalized spacial score (nSPS) is 10.9. The molecule has 0 atom stereocenters. The minimum absolute atomic E-state index is 0.0527. The molecule has 20 heavy (non-hydrogen) atoms. The minimum atomic E-state index is -3.61. The zero-order valence-corrected chi connectivity index (χ0v) is 12.0. The Balaban J connectivity index is 2.50. The highest BCUT2D eigenvalue weighted by atomic mass is 35.5. The molecule has 0 aromatic heterocycles. The summed E-state index contributed by atoms with van der Waals surface area (Å²) in [5.41, 5.74) is 0.0663. The van der Waals surface area contributed by atoms with Crippen LogP contribution in [0, 0.1) is 5.82 Å². The molecule has 1 aromatic carbocycles. The van der Waals surface area contributed by atoms with Crippen LogP contribution in [0.4, 0.5) is 4.39 Å². The second-order valence-corrected chi connectivity index (χ2v) is 6.08. The van der Waals surface area contributed by atoms with Gasteiger partial charge in [-0.05, 0) is 18.2 Å². The molecule has 0 bridgehead atoms. The van der Waals surface area contributed by atoms with Gasteiger partial charge in [0.25, 0.3) is 5.91 Å². The van der Waals surface area contributed by atoms with E-state index in [2.05, 4.69) is 5.32 Å². The quantitative estimate of drug-likeness (QED) is 0.833. The topological polar surface area (TPSA) is 92.3 Å². The standard InChI is InChI=1S/C11H12ClFN2O4S/c1-20(18,19)15-10(16)4-5-14-11(17)8-3-2-7(13)6-9(8)12/h2-3,6H,4-5H2,1H3,(H,14,17)(H,15,16). The predicted molar refractivity (Wildman–Crippen MR) is 71.3 cm³/mol. The van der Waals surface area contributed by atoms with Crippen molar-refractivity contribution in [3.8, 4) is 0 Å². The Kier molecular flexibility index (Phi) is 5.46. The fourth-order valence-corrected chi connectivity index (χ4v) is 2.08. The number of halogens is 2. The van der Waals surface area contributed by atoms with Crippen molar-refractivity contribution in [1.29, 1.82) is 0 Å². The molecule has 0 unspecified atom stereocenters. The average molecular weight is 323 g/mol. The predicted octanol–water partition coefficient (Wildman–Crippen LogP) is 0.675. The van der Waals surface area contributed by atoms with E-state index in [1.54, 1.807) is 4.72 Å². The summed E-state index contributed by atoms with van der Waals surface area (Å²) in [5, 5.41) is 2.32. The van der Waals surface area contributed by atoms with Crippen molar-refractivity contribution < 1.29 is 22.4 Å². The molecule has 0 aliphatic rings. The number of sulfonamides is 1. The van der Waals surface area contributed by atoms with E-state index in [9.17, 15) is 22.4 Å². The molecule has 0 saturated carbocycles. The molecule has 9 heteroatoms. The molecule has 2 N–H and O–H groups in total. The second kappa shape index (κ2) is 6.67. The Morgan fingerprint density at radius 1 is 1.35 bits per heavy atom. The Labute approximate surface area is 120 Å². The molecule has 0 aliphatic heterocycles. The minimum Gasteiger partial charge on any atom is -0.351 e. The van der Waals surface area contributed by atoms with Gasteiger partial charge in [0, 0.05) is 13.0 Å². The van der Waals surface area contributed by atoms with Crippen molar-refractivity contribution in [2.24, 2.45) is 0 Å². The van der Waals surface area contributed by atoms with Gasteiger partial charge in [-0.25, -0.2) is 12.8 Å². The van der Waals surface area contributed by atoms with E-state index in [1.807, 2.05) is 0 Å². The van der Waals surface area contributed by atoms with E-state index >= 15 is 0 Å². The number of rotatable bonds is 5. The summed E-state index contributed by atoms with van der Waals surface area (Å²) in [4.78, 5) is 22.8. The smallest absolute Gasteiger partial charge is 0.252 e. The number of hydrogen-bond acceptors (Lipinski definition) is 4. The van der Waals surface area contributed by atoms with Gasteiger partial charge < -0.3 is 5.32 Å². The van der Waals surface area contributed by atoms with Gasteiger partial charge in [-0.1, -0.05) is 11.6 Å². The van der Waals surface area contributed by atoms with Crippen LogP contribution in [0.15, 0.2) is 18.2 Å². The van der Waals surface area contributed by atoms with Gasteiger partial charge >= 0.3 is 0 Å². The lowest BCUT2D eigenvalue weighted by Crippen LogP contribution is -2.33. The molecule has 6 nitrogen and oxygen atoms in total. The lowest BCUT2D eigenvalue weighted by Gasteiger charge is -2.07. The zero-order valence-electron chi connectivity index (χ0n) is 10.4. The molecule has 1 rings (SSSR count). The number of carbonyl (C=O) groups excluding carboxylic acids is 2. The summed E-state index contributed by atoms with van der Waals surface area (Å²) >= 11 is 5.69. The van der Waals surface area contributed by atoms with E-state index in [4.69, 9.17) is 11.6 Å². The van der Waals surface area contributed by atoms with Crippen LogP contribution in [0.3, 0.4) is 0 Å². The molecular formula is C11H12ClFN2O4S. The molecule has 0 radical (unpaired) electrons. The van der Waals surface area contributed by atoms with Gasteiger partial charge in [0.1, 0.15) is 5.82 Å². The van der Waals surface area contributed by atoms with E-state index in [1.165, 1.54) is 6.07 Å². The van der Waals surface area contributed by atoms with Gasteiger partial charge in [-0.2, -0.15) is 0 Å². The molecule has 0 saturated heterocycles. The number of amides is 2. The van der Waals surface area contributed by atoms with Crippen LogP contribution < -0.4 is 10.0 Å². The third-order valence-corrected chi connectivity index (χ3v) is 3.02. The number of carbonyl (C=O) groups is 2. The third kappa shape index (κ3) is 5.54. The summed E-state index contributed by atoms with van der Waals surface area (Å²) in [6.45, 7) is -0.0755. The summed E-state index contributed by atoms with van der Waals surface area (Å²) in [5.74, 6) is -1.89. The van der Waals surface area contributed by atoms with Gasteiger partial charge in [-0.15, -0.1) is 0 Å². The zero-order chi connectivity index (χ0) is 15.3. The first-order chi connectivity index (χ1) is 9.19. The summed E-state index contributed by atoms with van der Waals surface area (Å²) < 4.78 is 36.1. The molecular weight excluding hydrogens is 311 g/mol. The number of hydrogen-bond donors (Lipinski definition) is 2. The monoisotopic (exact) mass is 322 g/mol. The van der Waals surface area contributed by atoms with Crippen molar-refractivity contribution in [1.82, 2.24) is 10.0 Å². The van der Waals surface area contributed by atoms with E-state index < -0.39 is 27.7 Å². The Hall–Kier alpha value is -1.67. The highest BCUT2D eigenvalue weighted by molar-refractivity contribution is 7.89. The number of benzene rings is 1. The van der Waals surface area contributed by atoms with E-state index in [-0.39, 0.29) is 23.6 Å². The van der Waals surface area contributed by atoms with Gasteiger partial charge in [0.15, 0.2) is 0 Å². The van der Waals surface area contributed by atoms with E-state index in [0.717, 1.165) is 18.4 Å². The highest BCUT2D eigenvalue weighted by Crippen LogP contribution is 2.16. The molecule has 0 fully saturated rings. The Morgan fingerprint density at radius 3 is 2.55 bits per heavy atom. The first-order valence-corrected chi connectivity index (χ1v) is 7.70. The van der Waals surface area contributed by atoms with Crippen LogP contribution in [0.25, 0.3) is 0 Å². The number of nitrogens with one attached hydrogen (secondary N) is 2. The lowest BCUT2D eigenvalue weighted by atomic mass is 10.2. The SMILES string of the molecule is CS(=O)(=O)NC(=O)CCNC(=O)c1ccc(F)cc1Cl. The molecule has 1 aromatic rings. The third-order valence-electron chi connectivity index (χ3n) is 2.11. The summed E-state index contributed by atoms with van der Waals surface area (Å²) in [7, 11) is -3.61. The second-order valence-electron chi connectivity index (χ2n) is 3.93. The van der Waals surface area contributed by atoms with Crippen molar-refractivity contribution in [2.75, 3.05) is 12.8 Å². The molecule has 0 heterocycles. The van der Waals surface area contributed by atoms with Crippen LogP contribution in [0.1, 0.15) is 16.8 Å². The van der Waals surface area contributed by atoms with Gasteiger partial charge in [-0.3, -0.25) is 14.3 Å². The first-order valence-electron chi connectivity index (χ1n) is 5.43. The van der Waals surface area contributed by atoms with Crippen LogP contribution in [0.5, 0.6) is 0 Å². The van der Waals surface area contributed by atoms with Crippen molar-refractivity contribution in [3.63, 3.8) is 0 Å². The first kappa shape index (κ1) is 16.4. The molecule has 0 aliphatic carbocycles. The van der Waals surface area contributed by atoms with Crippen molar-refractivity contribution in [3.05, 3.63) is 34.6 Å². The highest BCUT2D eigenvalue weighted by Gasteiger charge is 2.12. The van der Waals surface area contributed by atoms with Crippen LogP contribution in [-0.2, 0) is 14.8 Å². The Morgan fingerprint density at radius 2 is 2.00 bits per heavy atom. The molecule has 0 spiro atoms. The fraction of sp³-hybridized carbons (Fsp3) is 0.273. The van der Waals surface area contributed by atoms with Crippen molar-refractivity contribution in [2.45, 2.75) is 6.42 Å². The average Bonchev–Trinajstić information content (AvgIpc) is 2.25. The van der Waals surface area contributed by atoms with Crippen molar-refractivity contribution >= 4 is 33.4 Å². The largest absolute Gasteiger partial charge is 0.351 e. The van der Waals surface area contributed by atoms with E-state index in [0.29, 0.717) is 0 Å². The summed E-state index contributed by atoms with van der Waals surface area (Å²) in [6, 6.07) is 3.29. The van der Waals surface area contributed by atoms with Gasteiger partial charge in [0.05, 0.1) is 16.8 Å². The molecule has 2 amide bonds. The maximum absolute atomic E-state index is 12.8. The fourth-order valence-electron chi connectivity index (χ4n) is 1.32. The van der Waals surface area contributed by atoms with Gasteiger partial charge in [0.2, 0.25) is 15.9 Å². The van der Waals surface area contributed by atoms with Crippen LogP contribution in [-0.4, -0.2) is 33.0 Å². The summed E-state index contributed by atoms with van der Waals surface area (Å²) in [6.07, 6.45) is 0.638.